The van der Waals surface area contributed by atoms with Gasteiger partial charge in [0.2, 0.25) is 11.8 Å². The third-order valence-electron chi connectivity index (χ3n) is 9.98. The lowest BCUT2D eigenvalue weighted by Gasteiger charge is -2.28. The second-order valence-corrected chi connectivity index (χ2v) is 17.4. The van der Waals surface area contributed by atoms with Crippen LogP contribution in [-0.4, -0.2) is 146 Å². The Bertz CT molecular complexity index is 1880. The number of halogens is 1. The highest BCUT2D eigenvalue weighted by atomic mass is 35.5. The van der Waals surface area contributed by atoms with Crippen molar-refractivity contribution in [3.63, 3.8) is 0 Å². The molecule has 3 aliphatic rings. The number of anilines is 2. The Morgan fingerprint density at radius 2 is 1.30 bits per heavy atom. The van der Waals surface area contributed by atoms with Gasteiger partial charge in [-0.15, -0.1) is 12.4 Å². The summed E-state index contributed by atoms with van der Waals surface area (Å²) >= 11 is 0. The number of likely N-dealkylation sites (N-methyl/N-ethyl adjacent to an activating group) is 1. The number of nitrogens with two attached hydrogens (primary N) is 1. The number of nitrogens with zero attached hydrogens (tertiary/aromatic N) is 2. The molecule has 0 spiro atoms. The Balaban J connectivity index is 0.000000357. The summed E-state index contributed by atoms with van der Waals surface area (Å²) in [5, 5.41) is 50.5. The summed E-state index contributed by atoms with van der Waals surface area (Å²) < 4.78 is 25.9. The number of aliphatic hydroxyl groups is 5. The molecule has 0 bridgehead atoms. The van der Waals surface area contributed by atoms with Gasteiger partial charge in [0.15, 0.2) is 18.0 Å². The molecule has 0 radical (unpaired) electrons. The molecule has 63 heavy (non-hydrogen) atoms. The molecule has 10 atom stereocenters. The predicted molar refractivity (Wildman–Crippen MR) is 238 cm³/mol. The van der Waals surface area contributed by atoms with E-state index in [0.29, 0.717) is 17.2 Å². The van der Waals surface area contributed by atoms with Crippen LogP contribution in [0.25, 0.3) is 0 Å². The highest BCUT2D eigenvalue weighted by Crippen LogP contribution is 2.33. The monoisotopic (exact) mass is 907 g/mol. The van der Waals surface area contributed by atoms with Crippen molar-refractivity contribution in [3.8, 4) is 11.5 Å². The van der Waals surface area contributed by atoms with Crippen LogP contribution in [0.1, 0.15) is 48.0 Å². The van der Waals surface area contributed by atoms with Gasteiger partial charge in [0.25, 0.3) is 0 Å². The molecular weight excluding hydrogens is 842 g/mol. The van der Waals surface area contributed by atoms with Crippen LogP contribution in [-0.2, 0) is 33.4 Å². The Kier molecular flexibility index (Phi) is 20.9. The minimum absolute atomic E-state index is 0. The largest absolute Gasteiger partial charge is 0.491 e. The minimum atomic E-state index is -1.67. The Hall–Kier alpha value is -4.43. The first kappa shape index (κ1) is 54.7. The van der Waals surface area contributed by atoms with Gasteiger partial charge in [-0.05, 0) is 35.1 Å². The van der Waals surface area contributed by atoms with Crippen molar-refractivity contribution in [3.05, 3.63) is 72.8 Å². The Labute approximate surface area is 375 Å². The number of cyclic esters (lactones) is 1. The predicted octanol–water partition coefficient (Wildman–Crippen LogP) is 2.36. The maximum atomic E-state index is 12.8. The van der Waals surface area contributed by atoms with E-state index in [9.17, 15) is 44.7 Å². The number of ketones is 1. The number of allylic oxidation sites excluding steroid dienone is 2. The zero-order chi connectivity index (χ0) is 46.7. The van der Waals surface area contributed by atoms with E-state index in [1.54, 1.807) is 50.5 Å². The number of methoxy groups -OCH3 is 2. The number of aliphatic hydroxyl groups excluding tert-OH is 5. The summed E-state index contributed by atoms with van der Waals surface area (Å²) in [6.45, 7) is 11.9. The maximum absolute atomic E-state index is 12.8. The van der Waals surface area contributed by atoms with Gasteiger partial charge in [0, 0.05) is 34.7 Å². The van der Waals surface area contributed by atoms with Gasteiger partial charge in [-0.25, -0.2) is 4.79 Å². The van der Waals surface area contributed by atoms with Crippen LogP contribution in [0, 0.1) is 16.7 Å². The lowest BCUT2D eigenvalue weighted by molar-refractivity contribution is -0.150. The summed E-state index contributed by atoms with van der Waals surface area (Å²) in [5.74, 6) is -1.16. The van der Waals surface area contributed by atoms with Crippen molar-refractivity contribution in [2.24, 2.45) is 22.5 Å². The molecule has 1 saturated heterocycles. The van der Waals surface area contributed by atoms with Gasteiger partial charge < -0.3 is 64.8 Å². The maximum Gasteiger partial charge on any atom is 0.338 e. The normalized spacial score (nSPS) is 23.7. The molecule has 2 amide bonds. The second kappa shape index (κ2) is 24.0. The summed E-state index contributed by atoms with van der Waals surface area (Å²) in [5.41, 5.74) is 6.69. The van der Waals surface area contributed by atoms with Crippen molar-refractivity contribution in [1.29, 1.82) is 0 Å². The van der Waals surface area contributed by atoms with Gasteiger partial charge in [0.1, 0.15) is 67.4 Å². The number of carbonyl (C=O) groups excluding carboxylic acids is 4. The number of amides is 2. The molecule has 0 unspecified atom stereocenters. The topological polar surface area (TPSA) is 248 Å². The van der Waals surface area contributed by atoms with Crippen molar-refractivity contribution < 1.29 is 68.4 Å². The molecule has 2 aromatic rings. The fraction of sp³-hybridized carbons (Fsp3) is 0.556. The van der Waals surface area contributed by atoms with Crippen LogP contribution in [0.5, 0.6) is 11.5 Å². The molecule has 1 fully saturated rings. The van der Waals surface area contributed by atoms with Crippen molar-refractivity contribution in [1.82, 2.24) is 0 Å². The number of carbonyl (C=O) groups is 4. The van der Waals surface area contributed by atoms with E-state index < -0.39 is 72.5 Å². The van der Waals surface area contributed by atoms with Crippen LogP contribution in [0.4, 0.5) is 11.4 Å². The first-order valence-electron chi connectivity index (χ1n) is 20.2. The molecule has 0 aliphatic carbocycles. The third kappa shape index (κ3) is 15.4. The SMILES string of the molecule is CN1C(=O)[C@@H](N)COc2ccccc21.CO[C@@H](C(=O)C[C@H]1COc2ccccc2N(C)C1=O)[C@H](O)[C@@H](O)[C@H](O)/C=C/C(C)(C)C.CO[C@H]1C(=O)O[C@@H]([C@H](O)/C=C/C(C)(C)C)[C@H]1O.Cl. The molecule has 18 heteroatoms. The van der Waals surface area contributed by atoms with Crippen LogP contribution >= 0.6 is 12.4 Å². The smallest absolute Gasteiger partial charge is 0.338 e. The summed E-state index contributed by atoms with van der Waals surface area (Å²) in [6.07, 6.45) is -4.10. The van der Waals surface area contributed by atoms with E-state index >= 15 is 0 Å². The van der Waals surface area contributed by atoms with E-state index in [4.69, 9.17) is 29.4 Å². The summed E-state index contributed by atoms with van der Waals surface area (Å²) in [6, 6.07) is 13.9. The highest BCUT2D eigenvalue weighted by Gasteiger charge is 2.47. The van der Waals surface area contributed by atoms with Gasteiger partial charge in [-0.2, -0.15) is 0 Å². The van der Waals surface area contributed by atoms with Crippen LogP contribution in [0.15, 0.2) is 72.8 Å². The standard InChI is InChI=1S/C23H33NO7.C12H20O5.C10H12N2O2.ClH/c1-23(2,3)11-10-16(25)19(27)20(28)21(30-5)17(26)12-14-13-31-18-9-7-6-8-15(18)24(4)22(14)29;1-12(2,3)6-5-7(13)9-8(14)10(16-4)11(15)17-9;1-12-8-4-2-3-5-9(8)14-6-7(11)10(12)13;/h6-11,14,16,19-21,25,27-28H,12-13H2,1-5H3;5-10,13-14H,1-4H3;2-5,7H,6,11H2,1H3;1H/b11-10+;6-5+;;/t14-,16+,19-,20+,21-;7-,8-,9+,10-;7-;/m010./s1. The average molecular weight is 908 g/mol. The van der Waals surface area contributed by atoms with E-state index in [-0.39, 0.29) is 54.7 Å². The molecule has 7 N–H and O–H groups in total. The molecule has 352 valence electrons. The molecule has 2 aromatic carbocycles. The molecule has 0 saturated carbocycles. The zero-order valence-corrected chi connectivity index (χ0v) is 38.4. The highest BCUT2D eigenvalue weighted by molar-refractivity contribution is 6.00. The van der Waals surface area contributed by atoms with Crippen molar-refractivity contribution >= 4 is 47.3 Å². The van der Waals surface area contributed by atoms with Crippen molar-refractivity contribution in [2.75, 3.05) is 51.3 Å². The fourth-order valence-corrected chi connectivity index (χ4v) is 6.42. The average Bonchev–Trinajstić information content (AvgIpc) is 3.40. The summed E-state index contributed by atoms with van der Waals surface area (Å²) in [7, 11) is 5.85. The quantitative estimate of drug-likeness (QED) is 0.140. The van der Waals surface area contributed by atoms with Gasteiger partial charge in [-0.3, -0.25) is 14.4 Å². The van der Waals surface area contributed by atoms with E-state index in [2.05, 4.69) is 0 Å². The van der Waals surface area contributed by atoms with E-state index in [0.717, 1.165) is 5.69 Å². The first-order valence-corrected chi connectivity index (χ1v) is 20.2. The number of para-hydroxylation sites is 4. The Morgan fingerprint density at radius 1 is 0.810 bits per heavy atom. The number of fused-ring (bicyclic) bond motifs is 2. The van der Waals surface area contributed by atoms with Crippen molar-refractivity contribution in [2.45, 2.75) is 103 Å². The lowest BCUT2D eigenvalue weighted by Crippen LogP contribution is -2.49. The molecule has 5 rings (SSSR count). The van der Waals surface area contributed by atoms with Gasteiger partial charge in [0.05, 0.1) is 17.3 Å². The number of hydrogen-bond acceptors (Lipinski definition) is 15. The zero-order valence-electron chi connectivity index (χ0n) is 37.6. The van der Waals surface area contributed by atoms with Crippen LogP contribution in [0.3, 0.4) is 0 Å². The minimum Gasteiger partial charge on any atom is -0.491 e. The van der Waals surface area contributed by atoms with E-state index in [1.165, 1.54) is 36.2 Å². The van der Waals surface area contributed by atoms with Crippen LogP contribution < -0.4 is 25.0 Å². The van der Waals surface area contributed by atoms with Crippen LogP contribution in [0.2, 0.25) is 0 Å². The number of rotatable bonds is 11. The molecule has 0 aromatic heterocycles. The number of benzene rings is 2. The third-order valence-corrected chi connectivity index (χ3v) is 9.98. The number of ether oxygens (including phenoxy) is 5. The number of Topliss-reactive ketones (excluding diaryl/α,β-unsaturated/α-hetero) is 1. The number of hydrogen-bond donors (Lipinski definition) is 6. The molecular formula is C45H66ClN3O14. The fourth-order valence-electron chi connectivity index (χ4n) is 6.42. The van der Waals surface area contributed by atoms with Gasteiger partial charge >= 0.3 is 5.97 Å². The van der Waals surface area contributed by atoms with E-state index in [1.807, 2.05) is 65.8 Å². The Morgan fingerprint density at radius 3 is 1.79 bits per heavy atom. The molecule has 17 nitrogen and oxygen atoms in total. The van der Waals surface area contributed by atoms with Gasteiger partial charge in [-0.1, -0.05) is 90.1 Å². The first-order chi connectivity index (χ1) is 28.9. The molecule has 3 heterocycles. The number of esters is 1. The summed E-state index contributed by atoms with van der Waals surface area (Å²) in [4.78, 5) is 51.6. The molecule has 3 aliphatic heterocycles. The second-order valence-electron chi connectivity index (χ2n) is 17.4. The lowest BCUT2D eigenvalue weighted by atomic mass is 9.91.